The van der Waals surface area contributed by atoms with E-state index in [1.165, 1.54) is 36.8 Å². The van der Waals surface area contributed by atoms with Crippen LogP contribution < -0.4 is 37.2 Å². The Hall–Kier alpha value is -6.91. The summed E-state index contributed by atoms with van der Waals surface area (Å²) in [6.07, 6.45) is 2.58. The summed E-state index contributed by atoms with van der Waals surface area (Å²) in [6, 6.07) is 3.54. The van der Waals surface area contributed by atoms with E-state index in [2.05, 4.69) is 47.2 Å². The number of carbonyl (C=O) groups is 8. The molecule has 1 aromatic heterocycles. The number of amides is 6. The van der Waals surface area contributed by atoms with Crippen LogP contribution in [-0.2, 0) is 57.6 Å². The second kappa shape index (κ2) is 23.0. The molecule has 2 heterocycles. The van der Waals surface area contributed by atoms with E-state index in [4.69, 9.17) is 0 Å². The molecule has 0 aliphatic carbocycles. The molecular weight excluding hydrogens is 802 g/mol. The molecular formula is C39H49N9O13. The number of imidazole rings is 1. The molecule has 1 aliphatic rings. The minimum atomic E-state index is -1.86. The van der Waals surface area contributed by atoms with Gasteiger partial charge in [-0.15, -0.1) is 0 Å². The van der Waals surface area contributed by atoms with Crippen LogP contribution in [0.3, 0.4) is 0 Å². The fourth-order valence-electron chi connectivity index (χ4n) is 6.27. The molecule has 0 spiro atoms. The zero-order valence-electron chi connectivity index (χ0n) is 32.7. The lowest BCUT2D eigenvalue weighted by Crippen LogP contribution is -2.61. The van der Waals surface area contributed by atoms with Crippen molar-refractivity contribution in [3.05, 3.63) is 83.9 Å². The molecule has 1 saturated heterocycles. The number of aliphatic carboxylic acids is 2. The van der Waals surface area contributed by atoms with Crippen molar-refractivity contribution in [3.63, 3.8) is 0 Å². The number of hydrogen-bond acceptors (Lipinski definition) is 13. The van der Waals surface area contributed by atoms with Gasteiger partial charge in [0.05, 0.1) is 32.0 Å². The molecule has 1 fully saturated rings. The highest BCUT2D eigenvalue weighted by atomic mass is 16.4. The number of phenolic OH excluding ortho intramolecular Hbond substituents is 1. The number of carboxylic acid groups (broad SMARTS) is 2. The van der Waals surface area contributed by atoms with Gasteiger partial charge in [0.15, 0.2) is 0 Å². The van der Waals surface area contributed by atoms with Gasteiger partial charge in [0, 0.05) is 31.2 Å². The lowest BCUT2D eigenvalue weighted by Gasteiger charge is -2.27. The van der Waals surface area contributed by atoms with Crippen LogP contribution in [0.5, 0.6) is 5.75 Å². The summed E-state index contributed by atoms with van der Waals surface area (Å²) in [4.78, 5) is 111. The second-order valence-corrected chi connectivity index (χ2v) is 14.2. The largest absolute Gasteiger partial charge is 0.508 e. The predicted molar refractivity (Wildman–Crippen MR) is 211 cm³/mol. The maximum Gasteiger partial charge on any atom is 0.326 e. The number of carboxylic acids is 2. The topological polar surface area (TPSA) is 351 Å². The van der Waals surface area contributed by atoms with Crippen LogP contribution in [0.15, 0.2) is 67.1 Å². The first-order valence-corrected chi connectivity index (χ1v) is 19.2. The predicted octanol–water partition coefficient (Wildman–Crippen LogP) is -3.65. The van der Waals surface area contributed by atoms with E-state index in [0.29, 0.717) is 29.8 Å². The number of H-pyrrole nitrogens is 1. The summed E-state index contributed by atoms with van der Waals surface area (Å²) in [5.74, 6) is -8.89. The van der Waals surface area contributed by atoms with Gasteiger partial charge in [0.2, 0.25) is 35.4 Å². The molecule has 4 rings (SSSR count). The highest BCUT2D eigenvalue weighted by Crippen LogP contribution is 2.13. The fraction of sp³-hybridized carbons (Fsp3) is 0.410. The van der Waals surface area contributed by atoms with Crippen molar-refractivity contribution in [3.8, 4) is 5.75 Å². The Balaban J connectivity index is 1.51. The monoisotopic (exact) mass is 851 g/mol. The van der Waals surface area contributed by atoms with Crippen LogP contribution in [0.1, 0.15) is 36.1 Å². The van der Waals surface area contributed by atoms with Crippen LogP contribution in [0.2, 0.25) is 0 Å². The molecule has 328 valence electrons. The molecule has 3 aromatic rings. The average Bonchev–Trinajstić information content (AvgIpc) is 3.97. The Bertz CT molecular complexity index is 1980. The maximum absolute atomic E-state index is 14.0. The van der Waals surface area contributed by atoms with Gasteiger partial charge < -0.3 is 67.7 Å². The Labute approximate surface area is 348 Å². The van der Waals surface area contributed by atoms with E-state index in [0.717, 1.165) is 6.42 Å². The Morgan fingerprint density at radius 2 is 1.13 bits per heavy atom. The van der Waals surface area contributed by atoms with Crippen LogP contribution in [-0.4, -0.2) is 145 Å². The minimum Gasteiger partial charge on any atom is -0.508 e. The Morgan fingerprint density at radius 3 is 1.59 bits per heavy atom. The van der Waals surface area contributed by atoms with Gasteiger partial charge in [-0.3, -0.25) is 33.6 Å². The van der Waals surface area contributed by atoms with E-state index >= 15 is 0 Å². The smallest absolute Gasteiger partial charge is 0.326 e. The second-order valence-electron chi connectivity index (χ2n) is 14.2. The van der Waals surface area contributed by atoms with Crippen molar-refractivity contribution in [2.75, 3.05) is 19.8 Å². The number of benzene rings is 2. The summed E-state index contributed by atoms with van der Waals surface area (Å²) in [7, 11) is 0. The zero-order chi connectivity index (χ0) is 44.5. The van der Waals surface area contributed by atoms with Crippen LogP contribution in [0, 0.1) is 0 Å². The number of nitrogens with one attached hydrogen (secondary N) is 8. The first-order valence-electron chi connectivity index (χ1n) is 19.2. The van der Waals surface area contributed by atoms with Gasteiger partial charge >= 0.3 is 11.9 Å². The number of aromatic hydroxyl groups is 1. The van der Waals surface area contributed by atoms with E-state index in [1.807, 2.05) is 0 Å². The SMILES string of the molecule is O=C(O)C[C@H](NC(=O)[C@H](Cc1ccccc1)NC(=O)[C@H](Cc1ccc(O)cc1)NC(=O)[C@H](CO)NC(=O)[C@H](CO)NC(=O)[C@H](Cc1cnc[nH]1)NC(=O)[C@@H]1CCCN1)C(=O)O. The van der Waals surface area contributed by atoms with Gasteiger partial charge in [-0.2, -0.15) is 0 Å². The molecule has 0 radical (unpaired) electrons. The van der Waals surface area contributed by atoms with Gasteiger partial charge in [0.1, 0.15) is 42.0 Å². The number of aliphatic hydroxyl groups excluding tert-OH is 2. The molecule has 22 heteroatoms. The summed E-state index contributed by atoms with van der Waals surface area (Å²) >= 11 is 0. The molecule has 0 bridgehead atoms. The number of hydrogen-bond donors (Lipinski definition) is 13. The first kappa shape index (κ1) is 46.8. The van der Waals surface area contributed by atoms with E-state index in [-0.39, 0.29) is 25.0 Å². The van der Waals surface area contributed by atoms with Gasteiger partial charge in [-0.05, 0) is 42.6 Å². The summed E-state index contributed by atoms with van der Waals surface area (Å²) in [5, 5.41) is 66.1. The molecule has 6 amide bonds. The third-order valence-corrected chi connectivity index (χ3v) is 9.54. The van der Waals surface area contributed by atoms with E-state index < -0.39 is 109 Å². The standard InChI is InChI=1S/C39H49N9O13/c49-18-30(48-38(59)31(19-50)47-36(57)28(15-23-17-40-20-42-23)45-33(54)25-7-4-12-41-25)37(58)44-27(14-22-8-10-24(51)11-9-22)34(55)43-26(13-21-5-2-1-3-6-21)35(56)46-29(39(60)61)16-32(52)53/h1-3,5-6,8-11,17,20,25-31,41,49-51H,4,7,12-16,18-19H2,(H,40,42)(H,43,55)(H,44,58)(H,45,54)(H,46,56)(H,47,57)(H,48,59)(H,52,53)(H,60,61)/t25-,26-,27-,28-,29-,30-,31-/m0/s1. The van der Waals surface area contributed by atoms with Crippen LogP contribution >= 0.6 is 0 Å². The summed E-state index contributed by atoms with van der Waals surface area (Å²) < 4.78 is 0. The number of phenols is 1. The van der Waals surface area contributed by atoms with Crippen molar-refractivity contribution in [1.29, 1.82) is 0 Å². The molecule has 1 aliphatic heterocycles. The summed E-state index contributed by atoms with van der Waals surface area (Å²) in [6.45, 7) is -1.40. The van der Waals surface area contributed by atoms with E-state index in [9.17, 15) is 63.9 Å². The number of nitrogens with zero attached hydrogens (tertiary/aromatic N) is 1. The third kappa shape index (κ3) is 14.7. The van der Waals surface area contributed by atoms with Crippen LogP contribution in [0.4, 0.5) is 0 Å². The van der Waals surface area contributed by atoms with E-state index in [1.54, 1.807) is 30.3 Å². The normalized spacial score (nSPS) is 16.3. The number of aromatic amines is 1. The lowest BCUT2D eigenvalue weighted by molar-refractivity contribution is -0.147. The highest BCUT2D eigenvalue weighted by molar-refractivity contribution is 5.97. The van der Waals surface area contributed by atoms with Crippen LogP contribution in [0.25, 0.3) is 0 Å². The molecule has 22 nitrogen and oxygen atoms in total. The van der Waals surface area contributed by atoms with Crippen molar-refractivity contribution in [2.45, 2.75) is 80.8 Å². The molecule has 13 N–H and O–H groups in total. The van der Waals surface area contributed by atoms with Crippen molar-refractivity contribution >= 4 is 47.4 Å². The van der Waals surface area contributed by atoms with Crippen molar-refractivity contribution in [1.82, 2.24) is 47.2 Å². The molecule has 2 aromatic carbocycles. The molecule has 61 heavy (non-hydrogen) atoms. The fourth-order valence-corrected chi connectivity index (χ4v) is 6.27. The van der Waals surface area contributed by atoms with Gasteiger partial charge in [-0.1, -0.05) is 42.5 Å². The van der Waals surface area contributed by atoms with Crippen molar-refractivity contribution in [2.24, 2.45) is 0 Å². The molecule has 0 unspecified atom stereocenters. The van der Waals surface area contributed by atoms with Gasteiger partial charge in [-0.25, -0.2) is 9.78 Å². The Kier molecular flexibility index (Phi) is 17.7. The maximum atomic E-state index is 14.0. The Morgan fingerprint density at radius 1 is 0.639 bits per heavy atom. The number of carbonyl (C=O) groups excluding carboxylic acids is 6. The molecule has 7 atom stereocenters. The third-order valence-electron chi connectivity index (χ3n) is 9.54. The van der Waals surface area contributed by atoms with Crippen molar-refractivity contribution < 1.29 is 63.9 Å². The molecule has 0 saturated carbocycles. The highest BCUT2D eigenvalue weighted by Gasteiger charge is 2.34. The summed E-state index contributed by atoms with van der Waals surface area (Å²) in [5.41, 5.74) is 1.38. The first-order chi connectivity index (χ1) is 29.2. The number of rotatable bonds is 23. The quantitative estimate of drug-likeness (QED) is 0.0438. The average molecular weight is 852 g/mol. The number of aliphatic hydroxyl groups is 2. The lowest BCUT2D eigenvalue weighted by atomic mass is 10.0. The van der Waals surface area contributed by atoms with Gasteiger partial charge in [0.25, 0.3) is 0 Å². The number of aromatic nitrogens is 2. The minimum absolute atomic E-state index is 0.0629. The zero-order valence-corrected chi connectivity index (χ0v) is 32.7.